The van der Waals surface area contributed by atoms with Gasteiger partial charge in [0, 0.05) is 6.07 Å². The number of hydrogen-bond donors (Lipinski definition) is 1. The van der Waals surface area contributed by atoms with Crippen molar-refractivity contribution >= 4 is 34.7 Å². The van der Waals surface area contributed by atoms with Gasteiger partial charge in [-0.2, -0.15) is 10.4 Å². The Bertz CT molecular complexity index is 677. The predicted molar refractivity (Wildman–Crippen MR) is 73.4 cm³/mol. The molecule has 0 spiro atoms. The second-order valence-corrected chi connectivity index (χ2v) is 4.60. The van der Waals surface area contributed by atoms with Crippen LogP contribution in [0.5, 0.6) is 0 Å². The zero-order valence-electron chi connectivity index (χ0n) is 9.94. The van der Waals surface area contributed by atoms with Crippen LogP contribution in [0.2, 0.25) is 0 Å². The van der Waals surface area contributed by atoms with Crippen molar-refractivity contribution in [3.8, 4) is 6.07 Å². The molecule has 0 bridgehead atoms. The van der Waals surface area contributed by atoms with Gasteiger partial charge in [0.25, 0.3) is 5.69 Å². The van der Waals surface area contributed by atoms with Crippen molar-refractivity contribution in [2.24, 2.45) is 10.2 Å². The number of nitrogens with one attached hydrogen (secondary N) is 1. The molecular formula is C11H7N5O3S. The smallest absolute Gasteiger partial charge is 0.287 e. The van der Waals surface area contributed by atoms with Crippen molar-refractivity contribution in [2.75, 3.05) is 5.75 Å². The largest absolute Gasteiger partial charge is 0.303 e. The molecule has 1 aromatic carbocycles. The Morgan fingerprint density at radius 3 is 2.95 bits per heavy atom. The molecule has 1 saturated heterocycles. The lowest BCUT2D eigenvalue weighted by Crippen LogP contribution is -2.19. The summed E-state index contributed by atoms with van der Waals surface area (Å²) in [6.07, 6.45) is 1.35. The van der Waals surface area contributed by atoms with Crippen LogP contribution in [0, 0.1) is 21.4 Å². The van der Waals surface area contributed by atoms with Gasteiger partial charge in [-0.25, -0.2) is 0 Å². The van der Waals surface area contributed by atoms with E-state index in [0.717, 1.165) is 0 Å². The van der Waals surface area contributed by atoms with E-state index in [-0.39, 0.29) is 17.2 Å². The third kappa shape index (κ3) is 3.18. The summed E-state index contributed by atoms with van der Waals surface area (Å²) < 4.78 is 0. The molecule has 1 amide bonds. The van der Waals surface area contributed by atoms with Crippen LogP contribution in [0.25, 0.3) is 0 Å². The van der Waals surface area contributed by atoms with Gasteiger partial charge in [-0.3, -0.25) is 14.9 Å². The number of amidine groups is 1. The standard InChI is InChI=1S/C11H7N5O3S/c12-4-8-3-7(1-2-9(8)16(18)19)5-13-15-11-14-10(17)6-20-11/h1-3,5H,6H2,(H,14,15,17). The minimum absolute atomic E-state index is 0.0462. The monoisotopic (exact) mass is 289 g/mol. The van der Waals surface area contributed by atoms with E-state index in [1.807, 2.05) is 0 Å². The second-order valence-electron chi connectivity index (χ2n) is 3.63. The maximum atomic E-state index is 10.9. The number of nitro groups is 1. The van der Waals surface area contributed by atoms with Crippen LogP contribution < -0.4 is 5.32 Å². The summed E-state index contributed by atoms with van der Waals surface area (Å²) in [6.45, 7) is 0. The number of benzene rings is 1. The number of hydrogen-bond acceptors (Lipinski definition) is 7. The number of nitriles is 1. The Labute approximate surface area is 117 Å². The summed E-state index contributed by atoms with van der Waals surface area (Å²) in [5.74, 6) is 0.177. The first-order valence-electron chi connectivity index (χ1n) is 5.32. The molecular weight excluding hydrogens is 282 g/mol. The summed E-state index contributed by atoms with van der Waals surface area (Å²) in [6, 6.07) is 5.80. The van der Waals surface area contributed by atoms with Gasteiger partial charge in [-0.15, -0.1) is 5.10 Å². The molecule has 8 nitrogen and oxygen atoms in total. The highest BCUT2D eigenvalue weighted by atomic mass is 32.2. The lowest BCUT2D eigenvalue weighted by atomic mass is 10.1. The van der Waals surface area contributed by atoms with E-state index in [9.17, 15) is 14.9 Å². The van der Waals surface area contributed by atoms with Crippen molar-refractivity contribution in [1.82, 2.24) is 5.32 Å². The fourth-order valence-corrected chi connectivity index (χ4v) is 2.04. The predicted octanol–water partition coefficient (Wildman–Crippen LogP) is 1.02. The molecule has 1 heterocycles. The Balaban J connectivity index is 2.16. The lowest BCUT2D eigenvalue weighted by Gasteiger charge is -1.96. The molecule has 1 N–H and O–H groups in total. The van der Waals surface area contributed by atoms with Crippen molar-refractivity contribution in [1.29, 1.82) is 5.26 Å². The molecule has 0 unspecified atom stereocenters. The highest BCUT2D eigenvalue weighted by Gasteiger charge is 2.16. The summed E-state index contributed by atoms with van der Waals surface area (Å²) in [7, 11) is 0. The van der Waals surface area contributed by atoms with Crippen molar-refractivity contribution < 1.29 is 9.72 Å². The normalized spacial score (nSPS) is 16.4. The van der Waals surface area contributed by atoms with Gasteiger partial charge in [-0.05, 0) is 17.7 Å². The van der Waals surface area contributed by atoms with E-state index in [0.29, 0.717) is 16.5 Å². The van der Waals surface area contributed by atoms with E-state index < -0.39 is 4.92 Å². The van der Waals surface area contributed by atoms with Crippen molar-refractivity contribution in [3.05, 3.63) is 39.4 Å². The molecule has 1 aliphatic rings. The molecule has 1 aliphatic heterocycles. The average Bonchev–Trinajstić information content (AvgIpc) is 2.84. The van der Waals surface area contributed by atoms with Crippen LogP contribution in [0.3, 0.4) is 0 Å². The third-order valence-electron chi connectivity index (χ3n) is 2.28. The van der Waals surface area contributed by atoms with Gasteiger partial charge in [0.1, 0.15) is 11.6 Å². The van der Waals surface area contributed by atoms with E-state index in [4.69, 9.17) is 5.26 Å². The highest BCUT2D eigenvalue weighted by Crippen LogP contribution is 2.18. The van der Waals surface area contributed by atoms with Crippen LogP contribution in [0.1, 0.15) is 11.1 Å². The molecule has 0 saturated carbocycles. The third-order valence-corrected chi connectivity index (χ3v) is 3.14. The first-order valence-corrected chi connectivity index (χ1v) is 6.31. The molecule has 9 heteroatoms. The number of thioether (sulfide) groups is 1. The van der Waals surface area contributed by atoms with Gasteiger partial charge < -0.3 is 5.32 Å². The number of nitro benzene ring substituents is 1. The molecule has 20 heavy (non-hydrogen) atoms. The van der Waals surface area contributed by atoms with E-state index >= 15 is 0 Å². The van der Waals surface area contributed by atoms with Gasteiger partial charge in [0.15, 0.2) is 5.17 Å². The summed E-state index contributed by atoms with van der Waals surface area (Å²) in [4.78, 5) is 21.0. The number of nitrogens with zero attached hydrogens (tertiary/aromatic N) is 4. The first kappa shape index (κ1) is 13.7. The number of carbonyl (C=O) groups excluding carboxylic acids is 1. The molecule has 1 aromatic rings. The SMILES string of the molecule is N#Cc1cc(C=NN=C2NC(=O)CS2)ccc1[N+](=O)[O-]. The molecule has 0 aliphatic carbocycles. The van der Waals surface area contributed by atoms with E-state index in [2.05, 4.69) is 15.5 Å². The minimum atomic E-state index is -0.621. The van der Waals surface area contributed by atoms with Gasteiger partial charge in [-0.1, -0.05) is 11.8 Å². The zero-order valence-corrected chi connectivity index (χ0v) is 10.8. The van der Waals surface area contributed by atoms with E-state index in [1.165, 1.54) is 36.2 Å². The van der Waals surface area contributed by atoms with Crippen LogP contribution in [0.4, 0.5) is 5.69 Å². The Morgan fingerprint density at radius 2 is 2.35 bits per heavy atom. The molecule has 0 radical (unpaired) electrons. The molecule has 1 fully saturated rings. The molecule has 2 rings (SSSR count). The summed E-state index contributed by atoms with van der Waals surface area (Å²) in [5.41, 5.74) is 0.204. The lowest BCUT2D eigenvalue weighted by molar-refractivity contribution is -0.385. The topological polar surface area (TPSA) is 121 Å². The van der Waals surface area contributed by atoms with Crippen LogP contribution >= 0.6 is 11.8 Å². The zero-order chi connectivity index (χ0) is 14.5. The molecule has 100 valence electrons. The molecule has 0 atom stereocenters. The molecule has 0 aromatic heterocycles. The maximum absolute atomic E-state index is 10.9. The highest BCUT2D eigenvalue weighted by molar-refractivity contribution is 8.15. The van der Waals surface area contributed by atoms with Crippen LogP contribution in [0.15, 0.2) is 28.4 Å². The Kier molecular flexibility index (Phi) is 4.07. The minimum Gasteiger partial charge on any atom is -0.303 e. The fourth-order valence-electron chi connectivity index (χ4n) is 1.41. The fraction of sp³-hybridized carbons (Fsp3) is 0.0909. The van der Waals surface area contributed by atoms with Crippen molar-refractivity contribution in [2.45, 2.75) is 0 Å². The number of carbonyl (C=O) groups is 1. The number of amides is 1. The number of rotatable bonds is 3. The van der Waals surface area contributed by atoms with Crippen LogP contribution in [-0.4, -0.2) is 28.0 Å². The van der Waals surface area contributed by atoms with Gasteiger partial charge in [0.05, 0.1) is 16.9 Å². The van der Waals surface area contributed by atoms with Crippen molar-refractivity contribution in [3.63, 3.8) is 0 Å². The Morgan fingerprint density at radius 1 is 1.55 bits per heavy atom. The Hall–Kier alpha value is -2.73. The summed E-state index contributed by atoms with van der Waals surface area (Å²) >= 11 is 1.23. The maximum Gasteiger partial charge on any atom is 0.287 e. The second kappa shape index (κ2) is 5.94. The average molecular weight is 289 g/mol. The first-order chi connectivity index (χ1) is 9.60. The van der Waals surface area contributed by atoms with Crippen LogP contribution in [-0.2, 0) is 4.79 Å². The van der Waals surface area contributed by atoms with Gasteiger partial charge >= 0.3 is 0 Å². The quantitative estimate of drug-likeness (QED) is 0.506. The van der Waals surface area contributed by atoms with E-state index in [1.54, 1.807) is 6.07 Å². The van der Waals surface area contributed by atoms with Gasteiger partial charge in [0.2, 0.25) is 5.91 Å². The summed E-state index contributed by atoms with van der Waals surface area (Å²) in [5, 5.41) is 29.9.